The number of ether oxygens (including phenoxy) is 2. The van der Waals surface area contributed by atoms with Crippen LogP contribution in [0.25, 0.3) is 10.9 Å². The van der Waals surface area contributed by atoms with Gasteiger partial charge in [0.05, 0.1) is 24.7 Å². The highest BCUT2D eigenvalue weighted by Gasteiger charge is 2.35. The molecule has 3 saturated heterocycles. The molecule has 1 aromatic carbocycles. The van der Waals surface area contributed by atoms with Gasteiger partial charge in [-0.2, -0.15) is 4.98 Å². The van der Waals surface area contributed by atoms with Gasteiger partial charge in [-0.25, -0.2) is 13.8 Å². The molecule has 3 aliphatic heterocycles. The average Bonchev–Trinajstić information content (AvgIpc) is 3.38. The van der Waals surface area contributed by atoms with Gasteiger partial charge in [0.15, 0.2) is 0 Å². The second kappa shape index (κ2) is 10.5. The molecule has 188 valence electrons. The molecule has 0 spiro atoms. The van der Waals surface area contributed by atoms with Crippen LogP contribution in [-0.2, 0) is 4.74 Å². The van der Waals surface area contributed by atoms with Gasteiger partial charge in [0.2, 0.25) is 5.95 Å². The first-order chi connectivity index (χ1) is 17.0. The Balaban J connectivity index is 1.50. The van der Waals surface area contributed by atoms with Gasteiger partial charge in [-0.05, 0) is 50.9 Å². The number of rotatable bonds is 5. The summed E-state index contributed by atoms with van der Waals surface area (Å²) in [5.74, 6) is 5.77. The van der Waals surface area contributed by atoms with Crippen molar-refractivity contribution in [3.63, 3.8) is 0 Å². The zero-order valence-electron chi connectivity index (χ0n) is 20.3. The Morgan fingerprint density at radius 2 is 1.86 bits per heavy atom. The van der Waals surface area contributed by atoms with Crippen molar-refractivity contribution in [2.24, 2.45) is 0 Å². The molecular weight excluding hydrogens is 452 g/mol. The highest BCUT2D eigenvalue weighted by Crippen LogP contribution is 2.34. The summed E-state index contributed by atoms with van der Waals surface area (Å²) >= 11 is 0. The Morgan fingerprint density at radius 1 is 1.11 bits per heavy atom. The van der Waals surface area contributed by atoms with Gasteiger partial charge in [-0.1, -0.05) is 11.8 Å². The molecule has 1 N–H and O–H groups in total. The highest BCUT2D eigenvalue weighted by molar-refractivity contribution is 5.93. The van der Waals surface area contributed by atoms with E-state index < -0.39 is 5.92 Å². The van der Waals surface area contributed by atoms with Crippen LogP contribution in [0.1, 0.15) is 44.1 Å². The standard InChI is InChI=1S/C26H33F2N5O2/c1-34-23-18-21-22(17-19(23)5-4-12-32-10-2-3-11-32)30-25(33-13-8-26(27,28)9-14-33)31-24(21)29-20-6-15-35-16-7-20/h17-18,20H,2-3,6-16H2,1H3,(H,29,30,31). The molecule has 0 saturated carbocycles. The smallest absolute Gasteiger partial charge is 0.251 e. The fourth-order valence-electron chi connectivity index (χ4n) is 4.92. The maximum atomic E-state index is 13.8. The normalized spacial score (nSPS) is 21.1. The summed E-state index contributed by atoms with van der Waals surface area (Å²) in [4.78, 5) is 13.8. The van der Waals surface area contributed by atoms with Crippen LogP contribution < -0.4 is 15.0 Å². The number of fused-ring (bicyclic) bond motifs is 1. The van der Waals surface area contributed by atoms with E-state index in [0.717, 1.165) is 48.9 Å². The maximum Gasteiger partial charge on any atom is 0.251 e. The maximum absolute atomic E-state index is 13.8. The molecule has 0 unspecified atom stereocenters. The van der Waals surface area contributed by atoms with Crippen LogP contribution in [0.3, 0.4) is 0 Å². The van der Waals surface area contributed by atoms with Crippen LogP contribution in [0.5, 0.6) is 5.75 Å². The van der Waals surface area contributed by atoms with Crippen LogP contribution in [0.2, 0.25) is 0 Å². The summed E-state index contributed by atoms with van der Waals surface area (Å²) in [5.41, 5.74) is 1.50. The lowest BCUT2D eigenvalue weighted by Crippen LogP contribution is -2.40. The molecule has 35 heavy (non-hydrogen) atoms. The van der Waals surface area contributed by atoms with Crippen LogP contribution >= 0.6 is 0 Å². The van der Waals surface area contributed by atoms with Crippen LogP contribution in [0.15, 0.2) is 12.1 Å². The Hall–Kier alpha value is -2.70. The lowest BCUT2D eigenvalue weighted by Gasteiger charge is -2.32. The predicted molar refractivity (Wildman–Crippen MR) is 132 cm³/mol. The number of nitrogens with one attached hydrogen (secondary N) is 1. The van der Waals surface area contributed by atoms with E-state index in [4.69, 9.17) is 19.4 Å². The molecular formula is C26H33F2N5O2. The van der Waals surface area contributed by atoms with Crippen molar-refractivity contribution >= 4 is 22.7 Å². The second-order valence-electron chi connectivity index (χ2n) is 9.60. The van der Waals surface area contributed by atoms with E-state index in [1.165, 1.54) is 12.8 Å². The number of hydrogen-bond donors (Lipinski definition) is 1. The number of likely N-dealkylation sites (tertiary alicyclic amines) is 1. The van der Waals surface area contributed by atoms with Gasteiger partial charge in [0.1, 0.15) is 11.6 Å². The molecule has 0 atom stereocenters. The van der Waals surface area contributed by atoms with Crippen LogP contribution in [0, 0.1) is 11.8 Å². The van der Waals surface area contributed by atoms with Crippen molar-refractivity contribution in [1.29, 1.82) is 0 Å². The topological polar surface area (TPSA) is 62.8 Å². The fourth-order valence-corrected chi connectivity index (χ4v) is 4.92. The summed E-state index contributed by atoms with van der Waals surface area (Å²) in [6, 6.07) is 4.10. The van der Waals surface area contributed by atoms with Crippen molar-refractivity contribution in [3.05, 3.63) is 17.7 Å². The summed E-state index contributed by atoms with van der Waals surface area (Å²) in [6.45, 7) is 4.78. The monoisotopic (exact) mass is 485 g/mol. The van der Waals surface area contributed by atoms with Crippen molar-refractivity contribution in [1.82, 2.24) is 14.9 Å². The number of anilines is 2. The number of methoxy groups -OCH3 is 1. The van der Waals surface area contributed by atoms with Crippen molar-refractivity contribution in [2.45, 2.75) is 50.5 Å². The summed E-state index contributed by atoms with van der Waals surface area (Å²) in [5, 5.41) is 4.40. The van der Waals surface area contributed by atoms with Crippen LogP contribution in [-0.4, -0.2) is 79.9 Å². The zero-order valence-corrected chi connectivity index (χ0v) is 20.3. The Labute approximate surface area is 205 Å². The zero-order chi connectivity index (χ0) is 24.3. The van der Waals surface area contributed by atoms with Gasteiger partial charge in [-0.3, -0.25) is 4.90 Å². The highest BCUT2D eigenvalue weighted by atomic mass is 19.3. The minimum atomic E-state index is -2.62. The molecule has 0 amide bonds. The molecule has 1 aromatic heterocycles. The second-order valence-corrected chi connectivity index (χ2v) is 9.60. The molecule has 2 aromatic rings. The third-order valence-electron chi connectivity index (χ3n) is 7.07. The molecule has 4 heterocycles. The SMILES string of the molecule is COc1cc2c(NC3CCOCC3)nc(N3CCC(F)(F)CC3)nc2cc1C#CCN1CCCC1. The number of halogens is 2. The quantitative estimate of drug-likeness (QED) is 0.645. The van der Waals surface area contributed by atoms with E-state index in [-0.39, 0.29) is 32.0 Å². The number of hydrogen-bond acceptors (Lipinski definition) is 7. The molecule has 9 heteroatoms. The first-order valence-corrected chi connectivity index (χ1v) is 12.6. The van der Waals surface area contributed by atoms with E-state index in [1.807, 2.05) is 17.0 Å². The molecule has 0 aliphatic carbocycles. The molecule has 0 bridgehead atoms. The first-order valence-electron chi connectivity index (χ1n) is 12.6. The Morgan fingerprint density at radius 3 is 2.57 bits per heavy atom. The lowest BCUT2D eigenvalue weighted by atomic mass is 10.1. The summed E-state index contributed by atoms with van der Waals surface area (Å²) in [6.07, 6.45) is 3.85. The van der Waals surface area contributed by atoms with Gasteiger partial charge in [0, 0.05) is 50.6 Å². The number of aromatic nitrogens is 2. The Kier molecular flexibility index (Phi) is 7.21. The van der Waals surface area contributed by atoms with Crippen molar-refractivity contribution in [3.8, 4) is 17.6 Å². The Bertz CT molecular complexity index is 1090. The number of alkyl halides is 2. The van der Waals surface area contributed by atoms with E-state index in [9.17, 15) is 8.78 Å². The van der Waals surface area contributed by atoms with E-state index in [0.29, 0.717) is 30.7 Å². The van der Waals surface area contributed by atoms with Crippen LogP contribution in [0.4, 0.5) is 20.5 Å². The molecule has 3 fully saturated rings. The average molecular weight is 486 g/mol. The third kappa shape index (κ3) is 5.76. The number of piperidine rings is 1. The van der Waals surface area contributed by atoms with Crippen molar-refractivity contribution in [2.75, 3.05) is 63.3 Å². The lowest BCUT2D eigenvalue weighted by molar-refractivity contribution is -0.0222. The summed E-state index contributed by atoms with van der Waals surface area (Å²) < 4.78 is 38.7. The summed E-state index contributed by atoms with van der Waals surface area (Å²) in [7, 11) is 1.64. The minimum absolute atomic E-state index is 0.188. The number of nitrogens with zero attached hydrogens (tertiary/aromatic N) is 4. The van der Waals surface area contributed by atoms with Gasteiger partial charge in [0.25, 0.3) is 5.92 Å². The molecule has 0 radical (unpaired) electrons. The van der Waals surface area contributed by atoms with Gasteiger partial charge >= 0.3 is 0 Å². The largest absolute Gasteiger partial charge is 0.495 e. The predicted octanol–water partition coefficient (Wildman–Crippen LogP) is 3.91. The first kappa shape index (κ1) is 24.0. The van der Waals surface area contributed by atoms with Gasteiger partial charge in [-0.15, -0.1) is 0 Å². The fraction of sp³-hybridized carbons (Fsp3) is 0.615. The van der Waals surface area contributed by atoms with Gasteiger partial charge < -0.3 is 19.7 Å². The number of benzene rings is 1. The molecule has 3 aliphatic rings. The third-order valence-corrected chi connectivity index (χ3v) is 7.07. The van der Waals surface area contributed by atoms with E-state index in [2.05, 4.69) is 22.1 Å². The van der Waals surface area contributed by atoms with E-state index >= 15 is 0 Å². The molecule has 7 nitrogen and oxygen atoms in total. The van der Waals surface area contributed by atoms with Crippen molar-refractivity contribution < 1.29 is 18.3 Å². The van der Waals surface area contributed by atoms with E-state index in [1.54, 1.807) is 7.11 Å². The minimum Gasteiger partial charge on any atom is -0.495 e. The molecule has 5 rings (SSSR count).